The molecule has 1 aromatic carbocycles. The summed E-state index contributed by atoms with van der Waals surface area (Å²) >= 11 is 0. The quantitative estimate of drug-likeness (QED) is 0.824. The predicted molar refractivity (Wildman–Crippen MR) is 67.9 cm³/mol. The number of carbonyl (C=O) groups excluding carboxylic acids is 1. The summed E-state index contributed by atoms with van der Waals surface area (Å²) in [5, 5.41) is 10.8. The average Bonchev–Trinajstić information content (AvgIpc) is 3.10. The Balaban J connectivity index is 1.74. The Kier molecular flexibility index (Phi) is 3.22. The molecule has 1 aromatic heterocycles. The second-order valence-corrected chi connectivity index (χ2v) is 4.66. The van der Waals surface area contributed by atoms with Crippen LogP contribution < -0.4 is 0 Å². The lowest BCUT2D eigenvalue weighted by atomic mass is 10.0. The van der Waals surface area contributed by atoms with Gasteiger partial charge in [0.25, 0.3) is 0 Å². The van der Waals surface area contributed by atoms with Crippen LogP contribution in [0.3, 0.4) is 0 Å². The summed E-state index contributed by atoms with van der Waals surface area (Å²) in [6, 6.07) is 10.4. The van der Waals surface area contributed by atoms with Crippen LogP contribution in [0.5, 0.6) is 0 Å². The summed E-state index contributed by atoms with van der Waals surface area (Å²) in [6.45, 7) is 1.01. The first-order chi connectivity index (χ1) is 9.34. The molecule has 1 aliphatic heterocycles. The molecule has 0 aliphatic carbocycles. The van der Waals surface area contributed by atoms with Crippen LogP contribution in [0.1, 0.15) is 24.4 Å². The first-order valence-electron chi connectivity index (χ1n) is 6.40. The fourth-order valence-electron chi connectivity index (χ4n) is 2.57. The van der Waals surface area contributed by atoms with Crippen LogP contribution in [0.15, 0.2) is 36.7 Å². The second-order valence-electron chi connectivity index (χ2n) is 4.66. The molecule has 6 nitrogen and oxygen atoms in total. The van der Waals surface area contributed by atoms with Crippen molar-refractivity contribution in [3.63, 3.8) is 0 Å². The van der Waals surface area contributed by atoms with Crippen molar-refractivity contribution in [1.29, 1.82) is 0 Å². The maximum atomic E-state index is 12.3. The van der Waals surface area contributed by atoms with Crippen molar-refractivity contribution in [2.75, 3.05) is 6.54 Å². The number of rotatable bonds is 3. The molecular weight excluding hydrogens is 242 g/mol. The van der Waals surface area contributed by atoms with Crippen molar-refractivity contribution in [3.05, 3.63) is 42.2 Å². The van der Waals surface area contributed by atoms with E-state index in [1.807, 2.05) is 23.1 Å². The maximum Gasteiger partial charge on any atom is 0.244 e. The molecule has 19 heavy (non-hydrogen) atoms. The molecular formula is C13H15N5O. The molecule has 1 unspecified atom stereocenters. The van der Waals surface area contributed by atoms with Crippen molar-refractivity contribution in [2.45, 2.75) is 25.4 Å². The Morgan fingerprint density at radius 1 is 1.32 bits per heavy atom. The molecule has 0 spiro atoms. The number of amides is 1. The summed E-state index contributed by atoms with van der Waals surface area (Å²) in [4.78, 5) is 14.2. The van der Waals surface area contributed by atoms with Crippen LogP contribution in [-0.2, 0) is 11.3 Å². The Bertz CT molecular complexity index is 539. The molecule has 0 N–H and O–H groups in total. The summed E-state index contributed by atoms with van der Waals surface area (Å²) < 4.78 is 1.46. The van der Waals surface area contributed by atoms with Gasteiger partial charge in [-0.3, -0.25) is 4.79 Å². The van der Waals surface area contributed by atoms with Gasteiger partial charge in [0.2, 0.25) is 5.91 Å². The van der Waals surface area contributed by atoms with Gasteiger partial charge in [0.15, 0.2) is 0 Å². The SMILES string of the molecule is O=C(Cn1cnnn1)N1CCCC1c1ccccc1. The molecule has 1 amide bonds. The summed E-state index contributed by atoms with van der Waals surface area (Å²) in [5.74, 6) is 0.0682. The second kappa shape index (κ2) is 5.17. The Hall–Kier alpha value is -2.24. The van der Waals surface area contributed by atoms with Gasteiger partial charge >= 0.3 is 0 Å². The van der Waals surface area contributed by atoms with E-state index < -0.39 is 0 Å². The van der Waals surface area contributed by atoms with Crippen molar-refractivity contribution < 1.29 is 4.79 Å². The van der Waals surface area contributed by atoms with E-state index in [1.165, 1.54) is 16.6 Å². The monoisotopic (exact) mass is 257 g/mol. The van der Waals surface area contributed by atoms with Crippen molar-refractivity contribution in [3.8, 4) is 0 Å². The molecule has 98 valence electrons. The lowest BCUT2D eigenvalue weighted by Crippen LogP contribution is -2.33. The predicted octanol–water partition coefficient (Wildman–Crippen LogP) is 1.04. The lowest BCUT2D eigenvalue weighted by molar-refractivity contribution is -0.133. The topological polar surface area (TPSA) is 63.9 Å². The van der Waals surface area contributed by atoms with Gasteiger partial charge in [-0.1, -0.05) is 30.3 Å². The first-order valence-corrected chi connectivity index (χ1v) is 6.40. The van der Waals surface area contributed by atoms with E-state index in [9.17, 15) is 4.79 Å². The van der Waals surface area contributed by atoms with E-state index in [0.29, 0.717) is 0 Å². The van der Waals surface area contributed by atoms with E-state index in [2.05, 4.69) is 27.7 Å². The number of hydrogen-bond donors (Lipinski definition) is 0. The highest BCUT2D eigenvalue weighted by molar-refractivity contribution is 5.76. The molecule has 1 atom stereocenters. The smallest absolute Gasteiger partial charge is 0.244 e. The molecule has 0 bridgehead atoms. The maximum absolute atomic E-state index is 12.3. The third-order valence-corrected chi connectivity index (χ3v) is 3.45. The third-order valence-electron chi connectivity index (χ3n) is 3.45. The van der Waals surface area contributed by atoms with Crippen LogP contribution in [-0.4, -0.2) is 37.6 Å². The van der Waals surface area contributed by atoms with E-state index in [1.54, 1.807) is 0 Å². The zero-order valence-corrected chi connectivity index (χ0v) is 10.5. The van der Waals surface area contributed by atoms with Crippen LogP contribution in [0.25, 0.3) is 0 Å². The van der Waals surface area contributed by atoms with Gasteiger partial charge in [-0.2, -0.15) is 0 Å². The molecule has 2 heterocycles. The number of carbonyl (C=O) groups is 1. The van der Waals surface area contributed by atoms with Gasteiger partial charge in [0, 0.05) is 6.54 Å². The average molecular weight is 257 g/mol. The van der Waals surface area contributed by atoms with Gasteiger partial charge in [-0.15, -0.1) is 5.10 Å². The highest BCUT2D eigenvalue weighted by atomic mass is 16.2. The van der Waals surface area contributed by atoms with Crippen LogP contribution in [0, 0.1) is 0 Å². The minimum atomic E-state index is 0.0682. The first kappa shape index (κ1) is 11.8. The van der Waals surface area contributed by atoms with Gasteiger partial charge in [-0.05, 0) is 28.8 Å². The van der Waals surface area contributed by atoms with E-state index in [-0.39, 0.29) is 18.5 Å². The number of nitrogens with zero attached hydrogens (tertiary/aromatic N) is 5. The molecule has 3 rings (SSSR count). The Morgan fingerprint density at radius 3 is 2.89 bits per heavy atom. The molecule has 6 heteroatoms. The van der Waals surface area contributed by atoms with Gasteiger partial charge in [0.05, 0.1) is 6.04 Å². The molecule has 0 radical (unpaired) electrons. The molecule has 0 saturated carbocycles. The fourth-order valence-corrected chi connectivity index (χ4v) is 2.57. The van der Waals surface area contributed by atoms with Crippen molar-refractivity contribution in [1.82, 2.24) is 25.1 Å². The number of aromatic nitrogens is 4. The summed E-state index contributed by atoms with van der Waals surface area (Å²) in [7, 11) is 0. The number of tetrazole rings is 1. The largest absolute Gasteiger partial charge is 0.334 e. The van der Waals surface area contributed by atoms with E-state index in [0.717, 1.165) is 19.4 Å². The standard InChI is InChI=1S/C13H15N5O/c19-13(9-17-10-14-15-16-17)18-8-4-7-12(18)11-5-2-1-3-6-11/h1-3,5-6,10,12H,4,7-9H2. The normalized spacial score (nSPS) is 18.7. The molecule has 1 fully saturated rings. The lowest BCUT2D eigenvalue weighted by Gasteiger charge is -2.24. The number of benzene rings is 1. The highest BCUT2D eigenvalue weighted by Gasteiger charge is 2.29. The van der Waals surface area contributed by atoms with Crippen LogP contribution in [0.4, 0.5) is 0 Å². The van der Waals surface area contributed by atoms with Crippen LogP contribution in [0.2, 0.25) is 0 Å². The third kappa shape index (κ3) is 2.47. The summed E-state index contributed by atoms with van der Waals surface area (Å²) in [6.07, 6.45) is 3.53. The van der Waals surface area contributed by atoms with Crippen LogP contribution >= 0.6 is 0 Å². The van der Waals surface area contributed by atoms with Crippen molar-refractivity contribution >= 4 is 5.91 Å². The minimum absolute atomic E-state index is 0.0682. The minimum Gasteiger partial charge on any atom is -0.334 e. The summed E-state index contributed by atoms with van der Waals surface area (Å²) in [5.41, 5.74) is 1.20. The molecule has 1 saturated heterocycles. The number of likely N-dealkylation sites (tertiary alicyclic amines) is 1. The van der Waals surface area contributed by atoms with Gasteiger partial charge < -0.3 is 4.90 Å². The number of hydrogen-bond acceptors (Lipinski definition) is 4. The van der Waals surface area contributed by atoms with Gasteiger partial charge in [-0.25, -0.2) is 4.68 Å². The zero-order chi connectivity index (χ0) is 13.1. The van der Waals surface area contributed by atoms with Crippen molar-refractivity contribution in [2.24, 2.45) is 0 Å². The zero-order valence-electron chi connectivity index (χ0n) is 10.5. The Labute approximate surface area is 111 Å². The fraction of sp³-hybridized carbons (Fsp3) is 0.385. The van der Waals surface area contributed by atoms with Gasteiger partial charge in [0.1, 0.15) is 12.9 Å². The van der Waals surface area contributed by atoms with E-state index >= 15 is 0 Å². The molecule has 2 aromatic rings. The highest BCUT2D eigenvalue weighted by Crippen LogP contribution is 2.31. The van der Waals surface area contributed by atoms with E-state index in [4.69, 9.17) is 0 Å². The Morgan fingerprint density at radius 2 is 2.16 bits per heavy atom. The molecule has 1 aliphatic rings.